The molecule has 44 heavy (non-hydrogen) atoms. The number of esters is 7. The fraction of sp³-hybridized carbons (Fsp3) is 0.731. The Morgan fingerprint density at radius 1 is 0.477 bits per heavy atom. The van der Waals surface area contributed by atoms with Gasteiger partial charge in [-0.25, -0.2) is 0 Å². The maximum absolute atomic E-state index is 12.2. The average Bonchev–Trinajstić information content (AvgIpc) is 2.87. The summed E-state index contributed by atoms with van der Waals surface area (Å²) in [5.74, 6) is -6.03. The molecular weight excluding hydrogens is 600 g/mol. The van der Waals surface area contributed by atoms with Crippen LogP contribution in [0.2, 0.25) is 0 Å². The first-order chi connectivity index (χ1) is 20.5. The van der Waals surface area contributed by atoms with Crippen LogP contribution in [0.25, 0.3) is 0 Å². The molecule has 2 aliphatic rings. The first kappa shape index (κ1) is 36.3. The van der Waals surface area contributed by atoms with Crippen molar-refractivity contribution in [3.63, 3.8) is 0 Å². The molecule has 0 aliphatic carbocycles. The minimum atomic E-state index is -1.90. The molecule has 2 heterocycles. The van der Waals surface area contributed by atoms with Crippen LogP contribution in [-0.2, 0) is 80.9 Å². The quantitative estimate of drug-likeness (QED) is 0.203. The highest BCUT2D eigenvalue weighted by Gasteiger charge is 2.57. The Kier molecular flexibility index (Phi) is 13.4. The molecule has 1 N–H and O–H groups in total. The van der Waals surface area contributed by atoms with Crippen molar-refractivity contribution in [2.45, 2.75) is 110 Å². The van der Waals surface area contributed by atoms with Gasteiger partial charge in [-0.1, -0.05) is 0 Å². The number of ether oxygens (including phenoxy) is 10. The SMILES string of the molecule is CC(=O)OC[C@H]1O[C@@H](O)[C@H](OC(C)=O)[C@@H](OC(C)=O)C1O[C@H]1O[C@H](COC(C)=O)[C@@H](OC(C)=O)[C@H](OC(C)=O)[C@H]1OC(C)=O. The number of carbonyl (C=O) groups excluding carboxylic acids is 7. The van der Waals surface area contributed by atoms with Crippen LogP contribution in [0.4, 0.5) is 0 Å². The molecule has 2 saturated heterocycles. The predicted molar refractivity (Wildman–Crippen MR) is 135 cm³/mol. The van der Waals surface area contributed by atoms with Crippen LogP contribution < -0.4 is 0 Å². The molecule has 18 heteroatoms. The summed E-state index contributed by atoms with van der Waals surface area (Å²) in [5.41, 5.74) is 0. The number of rotatable bonds is 11. The molecule has 248 valence electrons. The second kappa shape index (κ2) is 16.3. The van der Waals surface area contributed by atoms with E-state index in [0.717, 1.165) is 48.5 Å². The minimum Gasteiger partial charge on any atom is -0.463 e. The number of aliphatic hydroxyl groups is 1. The summed E-state index contributed by atoms with van der Waals surface area (Å²) in [5, 5.41) is 10.6. The zero-order chi connectivity index (χ0) is 33.3. The highest BCUT2D eigenvalue weighted by atomic mass is 16.8. The van der Waals surface area contributed by atoms with Crippen molar-refractivity contribution in [3.05, 3.63) is 0 Å². The van der Waals surface area contributed by atoms with Gasteiger partial charge in [-0.3, -0.25) is 33.6 Å². The van der Waals surface area contributed by atoms with Crippen LogP contribution in [0.1, 0.15) is 48.5 Å². The van der Waals surface area contributed by atoms with Crippen LogP contribution in [-0.4, -0.2) is 122 Å². The lowest BCUT2D eigenvalue weighted by Gasteiger charge is -2.48. The lowest BCUT2D eigenvalue weighted by Crippen LogP contribution is -2.67. The Bertz CT molecular complexity index is 1090. The van der Waals surface area contributed by atoms with Crippen molar-refractivity contribution in [1.82, 2.24) is 0 Å². The van der Waals surface area contributed by atoms with E-state index >= 15 is 0 Å². The molecule has 2 fully saturated rings. The fourth-order valence-corrected chi connectivity index (χ4v) is 4.49. The highest BCUT2D eigenvalue weighted by Crippen LogP contribution is 2.34. The second-order valence-electron chi connectivity index (χ2n) is 9.68. The van der Waals surface area contributed by atoms with Gasteiger partial charge in [0.2, 0.25) is 0 Å². The van der Waals surface area contributed by atoms with Crippen molar-refractivity contribution in [1.29, 1.82) is 0 Å². The molecule has 0 amide bonds. The number of carbonyl (C=O) groups is 7. The number of hydrogen-bond donors (Lipinski definition) is 1. The van der Waals surface area contributed by atoms with Crippen LogP contribution in [0.15, 0.2) is 0 Å². The normalized spacial score (nSPS) is 31.5. The van der Waals surface area contributed by atoms with E-state index in [0.29, 0.717) is 0 Å². The maximum Gasteiger partial charge on any atom is 0.303 e. The Balaban J connectivity index is 2.66. The van der Waals surface area contributed by atoms with Crippen molar-refractivity contribution in [2.24, 2.45) is 0 Å². The number of hydrogen-bond acceptors (Lipinski definition) is 18. The van der Waals surface area contributed by atoms with E-state index in [9.17, 15) is 38.7 Å². The molecule has 0 radical (unpaired) electrons. The molecule has 2 rings (SSSR count). The Morgan fingerprint density at radius 3 is 1.27 bits per heavy atom. The zero-order valence-corrected chi connectivity index (χ0v) is 25.1. The molecule has 2 aliphatic heterocycles. The number of aliphatic hydroxyl groups excluding tert-OH is 1. The van der Waals surface area contributed by atoms with Crippen molar-refractivity contribution in [3.8, 4) is 0 Å². The third kappa shape index (κ3) is 10.7. The van der Waals surface area contributed by atoms with Crippen LogP contribution >= 0.6 is 0 Å². The molecule has 18 nitrogen and oxygen atoms in total. The molecule has 10 atom stereocenters. The average molecular weight is 637 g/mol. The van der Waals surface area contributed by atoms with E-state index in [1.165, 1.54) is 0 Å². The minimum absolute atomic E-state index is 0.572. The van der Waals surface area contributed by atoms with Gasteiger partial charge in [0.05, 0.1) is 0 Å². The Hall–Kier alpha value is -3.87. The van der Waals surface area contributed by atoms with E-state index in [1.54, 1.807) is 0 Å². The summed E-state index contributed by atoms with van der Waals surface area (Å²) in [6, 6.07) is 0. The van der Waals surface area contributed by atoms with Gasteiger partial charge in [0, 0.05) is 48.5 Å². The maximum atomic E-state index is 12.2. The summed E-state index contributed by atoms with van der Waals surface area (Å²) in [6.07, 6.45) is -16.3. The molecule has 1 unspecified atom stereocenters. The van der Waals surface area contributed by atoms with E-state index < -0.39 is 116 Å². The van der Waals surface area contributed by atoms with Crippen molar-refractivity contribution in [2.75, 3.05) is 13.2 Å². The first-order valence-corrected chi connectivity index (χ1v) is 13.3. The van der Waals surface area contributed by atoms with Crippen LogP contribution in [0.5, 0.6) is 0 Å². The van der Waals surface area contributed by atoms with Gasteiger partial charge >= 0.3 is 41.8 Å². The van der Waals surface area contributed by atoms with E-state index in [4.69, 9.17) is 47.4 Å². The predicted octanol–water partition coefficient (Wildman–Crippen LogP) is -1.40. The smallest absolute Gasteiger partial charge is 0.303 e. The first-order valence-electron chi connectivity index (χ1n) is 13.3. The third-order valence-electron chi connectivity index (χ3n) is 5.90. The molecule has 0 spiro atoms. The molecule has 0 aromatic heterocycles. The van der Waals surface area contributed by atoms with Crippen LogP contribution in [0.3, 0.4) is 0 Å². The monoisotopic (exact) mass is 636 g/mol. The summed E-state index contributed by atoms with van der Waals surface area (Å²) >= 11 is 0. The summed E-state index contributed by atoms with van der Waals surface area (Å²) in [6.45, 7) is 6.11. The molecule has 0 aromatic rings. The summed E-state index contributed by atoms with van der Waals surface area (Å²) in [7, 11) is 0. The molecule has 0 aromatic carbocycles. The topological polar surface area (TPSA) is 232 Å². The fourth-order valence-electron chi connectivity index (χ4n) is 4.49. The van der Waals surface area contributed by atoms with Gasteiger partial charge in [-0.2, -0.15) is 0 Å². The van der Waals surface area contributed by atoms with Gasteiger partial charge in [0.1, 0.15) is 31.5 Å². The highest BCUT2D eigenvalue weighted by molar-refractivity contribution is 5.69. The molecular formula is C26H36O18. The Morgan fingerprint density at radius 2 is 0.841 bits per heavy atom. The lowest BCUT2D eigenvalue weighted by molar-refractivity contribution is -0.357. The van der Waals surface area contributed by atoms with Gasteiger partial charge in [-0.05, 0) is 0 Å². The molecule has 0 saturated carbocycles. The van der Waals surface area contributed by atoms with Crippen molar-refractivity contribution < 1.29 is 86.0 Å². The van der Waals surface area contributed by atoms with Crippen molar-refractivity contribution >= 4 is 41.8 Å². The summed E-state index contributed by atoms with van der Waals surface area (Å²) in [4.78, 5) is 83.5. The van der Waals surface area contributed by atoms with Crippen LogP contribution in [0, 0.1) is 0 Å². The van der Waals surface area contributed by atoms with Gasteiger partial charge in [0.15, 0.2) is 43.1 Å². The zero-order valence-electron chi connectivity index (χ0n) is 25.1. The lowest BCUT2D eigenvalue weighted by atomic mass is 9.96. The van der Waals surface area contributed by atoms with E-state index in [-0.39, 0.29) is 0 Å². The van der Waals surface area contributed by atoms with Gasteiger partial charge in [0.25, 0.3) is 0 Å². The van der Waals surface area contributed by atoms with E-state index in [1.807, 2.05) is 0 Å². The van der Waals surface area contributed by atoms with E-state index in [2.05, 4.69) is 0 Å². The van der Waals surface area contributed by atoms with Gasteiger partial charge < -0.3 is 52.5 Å². The largest absolute Gasteiger partial charge is 0.463 e. The second-order valence-corrected chi connectivity index (χ2v) is 9.68. The standard InChI is InChI=1S/C26H36O18/c1-10(27)35-8-17-20(21(38-13(4)30)23(25(34)42-17)40-15(6)32)44-26-24(41-16(7)33)22(39-14(5)31)19(37-12(3)29)18(43-26)9-36-11(2)28/h17-26,34H,8-9H2,1-7H3/t17-,18-,19-,20?,21+,22+,23-,24-,25-,26-/m1/s1. The third-order valence-corrected chi connectivity index (χ3v) is 5.90. The van der Waals surface area contributed by atoms with Gasteiger partial charge in [-0.15, -0.1) is 0 Å². The Labute approximate surface area is 251 Å². The summed E-state index contributed by atoms with van der Waals surface area (Å²) < 4.78 is 54.1. The molecule has 0 bridgehead atoms.